The van der Waals surface area contributed by atoms with Crippen molar-refractivity contribution in [1.29, 1.82) is 0 Å². The normalized spacial score (nSPS) is 16.3. The van der Waals surface area contributed by atoms with E-state index in [2.05, 4.69) is 31.3 Å². The van der Waals surface area contributed by atoms with Crippen LogP contribution in [0.2, 0.25) is 0 Å². The molecule has 1 aromatic carbocycles. The maximum absolute atomic E-state index is 11.9. The lowest BCUT2D eigenvalue weighted by Gasteiger charge is -2.17. The van der Waals surface area contributed by atoms with E-state index in [1.807, 2.05) is 13.0 Å². The van der Waals surface area contributed by atoms with Gasteiger partial charge in [0.2, 0.25) is 0 Å². The maximum atomic E-state index is 11.9. The molecule has 3 nitrogen and oxygen atoms in total. The summed E-state index contributed by atoms with van der Waals surface area (Å²) in [7, 11) is 0. The van der Waals surface area contributed by atoms with E-state index in [1.165, 1.54) is 5.56 Å². The highest BCUT2D eigenvalue weighted by Gasteiger charge is 2.26. The van der Waals surface area contributed by atoms with Crippen LogP contribution in [0.15, 0.2) is 18.2 Å². The number of carbonyl (C=O) groups is 1. The second-order valence-electron chi connectivity index (χ2n) is 5.72. The van der Waals surface area contributed by atoms with Crippen molar-refractivity contribution in [1.82, 2.24) is 5.32 Å². The van der Waals surface area contributed by atoms with Crippen LogP contribution in [0.5, 0.6) is 5.75 Å². The Hall–Kier alpha value is -1.51. The molecule has 0 bridgehead atoms. The van der Waals surface area contributed by atoms with Crippen LogP contribution in [0.4, 0.5) is 0 Å². The molecule has 0 unspecified atom stereocenters. The lowest BCUT2D eigenvalue weighted by Crippen LogP contribution is -2.37. The maximum Gasteiger partial charge on any atom is 0.260 e. The predicted molar refractivity (Wildman–Crippen MR) is 76.5 cm³/mol. The van der Waals surface area contributed by atoms with Gasteiger partial charge in [-0.15, -0.1) is 0 Å². The Bertz CT molecular complexity index is 464. The molecule has 104 valence electrons. The zero-order valence-corrected chi connectivity index (χ0v) is 12.2. The zero-order chi connectivity index (χ0) is 14.0. The molecule has 3 heteroatoms. The summed E-state index contributed by atoms with van der Waals surface area (Å²) in [6.45, 7) is 8.11. The van der Waals surface area contributed by atoms with Gasteiger partial charge >= 0.3 is 0 Å². The van der Waals surface area contributed by atoms with E-state index in [1.54, 1.807) is 6.92 Å². The Balaban J connectivity index is 2.04. The molecule has 2 rings (SSSR count). The Morgan fingerprint density at radius 1 is 1.32 bits per heavy atom. The van der Waals surface area contributed by atoms with Gasteiger partial charge in [-0.05, 0) is 49.8 Å². The van der Waals surface area contributed by atoms with E-state index >= 15 is 0 Å². The van der Waals surface area contributed by atoms with Crippen molar-refractivity contribution in [3.63, 3.8) is 0 Å². The number of rotatable bonds is 5. The Labute approximate surface area is 115 Å². The minimum Gasteiger partial charge on any atom is -0.481 e. The van der Waals surface area contributed by atoms with Crippen molar-refractivity contribution in [2.75, 3.05) is 0 Å². The number of aryl methyl sites for hydroxylation is 1. The first-order chi connectivity index (χ1) is 8.97. The molecule has 1 atom stereocenters. The first kappa shape index (κ1) is 13.9. The van der Waals surface area contributed by atoms with Crippen molar-refractivity contribution in [2.45, 2.75) is 58.6 Å². The van der Waals surface area contributed by atoms with Crippen molar-refractivity contribution >= 4 is 5.91 Å². The van der Waals surface area contributed by atoms with Crippen LogP contribution in [0.1, 0.15) is 50.7 Å². The Morgan fingerprint density at radius 3 is 2.58 bits per heavy atom. The Morgan fingerprint density at radius 2 is 2.00 bits per heavy atom. The topological polar surface area (TPSA) is 38.3 Å². The molecule has 0 spiro atoms. The van der Waals surface area contributed by atoms with Crippen molar-refractivity contribution < 1.29 is 9.53 Å². The van der Waals surface area contributed by atoms with Crippen LogP contribution in [0, 0.1) is 6.92 Å². The minimum atomic E-state index is -0.443. The van der Waals surface area contributed by atoms with Gasteiger partial charge in [-0.25, -0.2) is 0 Å². The number of ether oxygens (including phenoxy) is 1. The molecule has 0 heterocycles. The van der Waals surface area contributed by atoms with Gasteiger partial charge in [0.25, 0.3) is 5.91 Å². The number of nitrogens with one attached hydrogen (secondary N) is 1. The van der Waals surface area contributed by atoms with Gasteiger partial charge in [-0.1, -0.05) is 26.0 Å². The summed E-state index contributed by atoms with van der Waals surface area (Å²) >= 11 is 0. The van der Waals surface area contributed by atoms with Crippen molar-refractivity contribution in [3.8, 4) is 5.75 Å². The molecule has 0 aliphatic heterocycles. The fraction of sp³-hybridized carbons (Fsp3) is 0.562. The van der Waals surface area contributed by atoms with Crippen molar-refractivity contribution in [3.05, 3.63) is 29.3 Å². The third kappa shape index (κ3) is 3.72. The third-order valence-electron chi connectivity index (χ3n) is 3.48. The number of amides is 1. The van der Waals surface area contributed by atoms with E-state index in [0.717, 1.165) is 24.2 Å². The Kier molecular flexibility index (Phi) is 4.13. The highest BCUT2D eigenvalue weighted by atomic mass is 16.5. The van der Waals surface area contributed by atoms with E-state index in [4.69, 9.17) is 4.74 Å². The molecule has 19 heavy (non-hydrogen) atoms. The minimum absolute atomic E-state index is 0.0168. The number of benzene rings is 1. The molecule has 0 saturated heterocycles. The average Bonchev–Trinajstić information content (AvgIpc) is 3.15. The van der Waals surface area contributed by atoms with E-state index < -0.39 is 6.10 Å². The molecular formula is C16H23NO2. The number of hydrogen-bond donors (Lipinski definition) is 1. The number of carbonyl (C=O) groups excluding carboxylic acids is 1. The summed E-state index contributed by atoms with van der Waals surface area (Å²) in [5.74, 6) is 1.25. The molecule has 0 aromatic heterocycles. The van der Waals surface area contributed by atoms with Crippen LogP contribution < -0.4 is 10.1 Å². The highest BCUT2D eigenvalue weighted by molar-refractivity contribution is 5.81. The van der Waals surface area contributed by atoms with Crippen LogP contribution in [0.3, 0.4) is 0 Å². The van der Waals surface area contributed by atoms with Crippen molar-refractivity contribution in [2.24, 2.45) is 0 Å². The predicted octanol–water partition coefficient (Wildman–Crippen LogP) is 3.16. The first-order valence-corrected chi connectivity index (χ1v) is 7.05. The first-order valence-electron chi connectivity index (χ1n) is 7.05. The summed E-state index contributed by atoms with van der Waals surface area (Å²) in [6, 6.07) is 6.58. The summed E-state index contributed by atoms with van der Waals surface area (Å²) < 4.78 is 5.81. The average molecular weight is 261 g/mol. The second kappa shape index (κ2) is 5.64. The molecular weight excluding hydrogens is 238 g/mol. The van der Waals surface area contributed by atoms with E-state index in [0.29, 0.717) is 12.0 Å². The summed E-state index contributed by atoms with van der Waals surface area (Å²) in [5.41, 5.74) is 2.30. The van der Waals surface area contributed by atoms with Gasteiger partial charge < -0.3 is 10.1 Å². The summed E-state index contributed by atoms with van der Waals surface area (Å²) in [6.07, 6.45) is 1.75. The monoisotopic (exact) mass is 261 g/mol. The van der Waals surface area contributed by atoms with Gasteiger partial charge in [0, 0.05) is 6.04 Å². The molecule has 1 saturated carbocycles. The molecule has 1 aliphatic rings. The van der Waals surface area contributed by atoms with E-state index in [-0.39, 0.29) is 5.91 Å². The number of hydrogen-bond acceptors (Lipinski definition) is 2. The van der Waals surface area contributed by atoms with Gasteiger partial charge in [0.05, 0.1) is 0 Å². The van der Waals surface area contributed by atoms with Gasteiger partial charge in [0.15, 0.2) is 6.10 Å². The lowest BCUT2D eigenvalue weighted by molar-refractivity contribution is -0.127. The van der Waals surface area contributed by atoms with Gasteiger partial charge in [-0.2, -0.15) is 0 Å². The second-order valence-corrected chi connectivity index (χ2v) is 5.72. The molecule has 1 aromatic rings. The highest BCUT2D eigenvalue weighted by Crippen LogP contribution is 2.25. The molecule has 1 N–H and O–H groups in total. The van der Waals surface area contributed by atoms with Crippen LogP contribution in [-0.2, 0) is 4.79 Å². The van der Waals surface area contributed by atoms with E-state index in [9.17, 15) is 4.79 Å². The van der Waals surface area contributed by atoms with Crippen LogP contribution >= 0.6 is 0 Å². The molecule has 1 fully saturated rings. The third-order valence-corrected chi connectivity index (χ3v) is 3.48. The van der Waals surface area contributed by atoms with Gasteiger partial charge in [-0.3, -0.25) is 4.79 Å². The summed E-state index contributed by atoms with van der Waals surface area (Å²) in [5, 5.41) is 2.97. The van der Waals surface area contributed by atoms with Gasteiger partial charge in [0.1, 0.15) is 5.75 Å². The van der Waals surface area contributed by atoms with Crippen LogP contribution in [0.25, 0.3) is 0 Å². The lowest BCUT2D eigenvalue weighted by atomic mass is 10.0. The van der Waals surface area contributed by atoms with Crippen LogP contribution in [-0.4, -0.2) is 18.1 Å². The largest absolute Gasteiger partial charge is 0.481 e. The summed E-state index contributed by atoms with van der Waals surface area (Å²) in [4.78, 5) is 11.9. The smallest absolute Gasteiger partial charge is 0.260 e. The fourth-order valence-electron chi connectivity index (χ4n) is 1.89. The standard InChI is InChI=1S/C16H23NO2/c1-10(2)13-6-5-11(3)15(9-13)19-12(4)16(18)17-14-7-8-14/h5-6,9-10,12,14H,7-8H2,1-4H3,(H,17,18)/t12-/m1/s1. The SMILES string of the molecule is Cc1ccc(C(C)C)cc1O[C@H](C)C(=O)NC1CC1. The molecule has 0 radical (unpaired) electrons. The zero-order valence-electron chi connectivity index (χ0n) is 12.2. The fourth-order valence-corrected chi connectivity index (χ4v) is 1.89. The molecule has 1 aliphatic carbocycles. The molecule has 1 amide bonds. The quantitative estimate of drug-likeness (QED) is 0.884.